The molecule has 0 saturated heterocycles. The predicted octanol–water partition coefficient (Wildman–Crippen LogP) is 2.82. The number of nitrogens with two attached hydrogens (primary N) is 1. The number of rotatable bonds is 0. The highest BCUT2D eigenvalue weighted by molar-refractivity contribution is 6.37. The van der Waals surface area contributed by atoms with Crippen LogP contribution in [-0.4, -0.2) is 16.2 Å². The summed E-state index contributed by atoms with van der Waals surface area (Å²) in [6, 6.07) is 0.932. The second-order valence-electron chi connectivity index (χ2n) is 4.25. The van der Waals surface area contributed by atoms with Gasteiger partial charge in [0, 0.05) is 6.54 Å². The highest BCUT2D eigenvalue weighted by Crippen LogP contribution is 2.41. The molecule has 1 aliphatic rings. The van der Waals surface area contributed by atoms with Gasteiger partial charge in [-0.05, 0) is 6.07 Å². The topological polar surface area (TPSA) is 53.1 Å². The van der Waals surface area contributed by atoms with Crippen molar-refractivity contribution in [2.24, 2.45) is 0 Å². The van der Waals surface area contributed by atoms with Crippen LogP contribution in [0.25, 0.3) is 11.0 Å². The van der Waals surface area contributed by atoms with Crippen molar-refractivity contribution >= 4 is 28.3 Å². The molecule has 2 aromatic rings. The molecular weight excluding hydrogens is 283 g/mol. The minimum atomic E-state index is -4.55. The number of anilines is 1. The van der Waals surface area contributed by atoms with Gasteiger partial charge in [0.15, 0.2) is 0 Å². The number of nitrogen functional groups attached to an aromatic ring is 1. The Morgan fingerprint density at radius 2 is 2.16 bits per heavy atom. The molecule has 0 fully saturated rings. The summed E-state index contributed by atoms with van der Waals surface area (Å²) in [6.45, 7) is 1.22. The highest BCUT2D eigenvalue weighted by atomic mass is 35.5. The smallest absolute Gasteiger partial charge is 0.397 e. The lowest BCUT2D eigenvalue weighted by Crippen LogP contribution is -2.16. The van der Waals surface area contributed by atoms with E-state index in [1.807, 2.05) is 0 Å². The van der Waals surface area contributed by atoms with Crippen LogP contribution >= 0.6 is 11.6 Å². The molecule has 0 bridgehead atoms. The molecule has 2 heterocycles. The average molecular weight is 292 g/mol. The molecule has 102 valence electrons. The number of halogens is 4. The molecule has 2 N–H and O–H groups in total. The monoisotopic (exact) mass is 291 g/mol. The van der Waals surface area contributed by atoms with Crippen LogP contribution in [0.5, 0.6) is 0 Å². The predicted molar refractivity (Wildman–Crippen MR) is 63.8 cm³/mol. The fourth-order valence-electron chi connectivity index (χ4n) is 2.22. The summed E-state index contributed by atoms with van der Waals surface area (Å²) in [5.41, 5.74) is 4.71. The molecule has 0 aliphatic carbocycles. The summed E-state index contributed by atoms with van der Waals surface area (Å²) in [5.74, 6) is 0.557. The van der Waals surface area contributed by atoms with Crippen molar-refractivity contribution in [2.45, 2.75) is 19.3 Å². The Kier molecular flexibility index (Phi) is 2.65. The molecule has 8 heteroatoms. The van der Waals surface area contributed by atoms with Crippen molar-refractivity contribution in [3.05, 3.63) is 22.5 Å². The van der Waals surface area contributed by atoms with Gasteiger partial charge in [0.05, 0.1) is 33.9 Å². The van der Waals surface area contributed by atoms with Crippen LogP contribution in [0.4, 0.5) is 18.9 Å². The highest BCUT2D eigenvalue weighted by Gasteiger charge is 2.35. The Balaban J connectivity index is 2.34. The van der Waals surface area contributed by atoms with Gasteiger partial charge in [-0.15, -0.1) is 0 Å². The fourth-order valence-corrected chi connectivity index (χ4v) is 2.52. The molecular formula is C11H9ClF3N3O. The molecule has 0 unspecified atom stereocenters. The summed E-state index contributed by atoms with van der Waals surface area (Å²) in [7, 11) is 0. The molecule has 0 radical (unpaired) electrons. The fraction of sp³-hybridized carbons (Fsp3) is 0.364. The molecule has 0 atom stereocenters. The van der Waals surface area contributed by atoms with E-state index in [0.717, 1.165) is 6.07 Å². The molecule has 1 aliphatic heterocycles. The van der Waals surface area contributed by atoms with Gasteiger partial charge in [-0.1, -0.05) is 11.6 Å². The zero-order valence-corrected chi connectivity index (χ0v) is 10.3. The molecule has 0 spiro atoms. The maximum absolute atomic E-state index is 12.8. The van der Waals surface area contributed by atoms with E-state index >= 15 is 0 Å². The van der Waals surface area contributed by atoms with E-state index in [0.29, 0.717) is 24.5 Å². The molecule has 19 heavy (non-hydrogen) atoms. The summed E-state index contributed by atoms with van der Waals surface area (Å²) in [5, 5.41) is -0.106. The normalized spacial score (nSPS) is 15.8. The van der Waals surface area contributed by atoms with Crippen molar-refractivity contribution in [1.29, 1.82) is 0 Å². The zero-order valence-electron chi connectivity index (χ0n) is 9.59. The van der Waals surface area contributed by atoms with Crippen LogP contribution in [0.1, 0.15) is 11.4 Å². The summed E-state index contributed by atoms with van der Waals surface area (Å²) >= 11 is 5.99. The summed E-state index contributed by atoms with van der Waals surface area (Å²) in [6.07, 6.45) is -4.55. The second kappa shape index (κ2) is 4.01. The van der Waals surface area contributed by atoms with E-state index < -0.39 is 17.4 Å². The Morgan fingerprint density at radius 3 is 2.84 bits per heavy atom. The van der Waals surface area contributed by atoms with Crippen molar-refractivity contribution in [3.63, 3.8) is 0 Å². The second-order valence-corrected chi connectivity index (χ2v) is 4.63. The number of hydrogen-bond donors (Lipinski definition) is 1. The maximum Gasteiger partial charge on any atom is 0.418 e. The number of nitrogens with zero attached hydrogens (tertiary/aromatic N) is 2. The van der Waals surface area contributed by atoms with Crippen molar-refractivity contribution in [2.75, 3.05) is 12.3 Å². The first-order valence-electron chi connectivity index (χ1n) is 5.51. The molecule has 1 aromatic heterocycles. The molecule has 0 amide bonds. The van der Waals surface area contributed by atoms with Crippen molar-refractivity contribution in [3.8, 4) is 0 Å². The molecule has 3 rings (SSSR count). The van der Waals surface area contributed by atoms with Crippen molar-refractivity contribution < 1.29 is 17.9 Å². The number of benzene rings is 1. The zero-order chi connectivity index (χ0) is 13.8. The van der Waals surface area contributed by atoms with Gasteiger partial charge in [0.25, 0.3) is 0 Å². The Hall–Kier alpha value is -1.47. The lowest BCUT2D eigenvalue weighted by molar-refractivity contribution is -0.136. The third-order valence-corrected chi connectivity index (χ3v) is 3.47. The number of ether oxygens (including phenoxy) is 1. The first-order valence-corrected chi connectivity index (χ1v) is 5.89. The van der Waals surface area contributed by atoms with E-state index in [4.69, 9.17) is 22.1 Å². The SMILES string of the molecule is Nc1c(C(F)(F)F)cc2nc3n(c2c1Cl)CCOC3. The molecule has 0 saturated carbocycles. The van der Waals surface area contributed by atoms with Crippen LogP contribution in [0.3, 0.4) is 0 Å². The third kappa shape index (κ3) is 1.84. The van der Waals surface area contributed by atoms with Gasteiger partial charge < -0.3 is 15.0 Å². The molecule has 1 aromatic carbocycles. The van der Waals surface area contributed by atoms with Crippen LogP contribution in [0.15, 0.2) is 6.07 Å². The summed E-state index contributed by atoms with van der Waals surface area (Å²) < 4.78 is 45.5. The maximum atomic E-state index is 12.8. The van der Waals surface area contributed by atoms with Crippen molar-refractivity contribution in [1.82, 2.24) is 9.55 Å². The van der Waals surface area contributed by atoms with Gasteiger partial charge in [0.2, 0.25) is 0 Å². The van der Waals surface area contributed by atoms with E-state index in [-0.39, 0.29) is 17.1 Å². The Morgan fingerprint density at radius 1 is 1.42 bits per heavy atom. The van der Waals surface area contributed by atoms with Gasteiger partial charge in [-0.2, -0.15) is 13.2 Å². The summed E-state index contributed by atoms with van der Waals surface area (Å²) in [4.78, 5) is 4.13. The number of imidazole rings is 1. The van der Waals surface area contributed by atoms with E-state index in [1.165, 1.54) is 0 Å². The van der Waals surface area contributed by atoms with Crippen LogP contribution in [0.2, 0.25) is 5.02 Å². The van der Waals surface area contributed by atoms with Gasteiger partial charge >= 0.3 is 6.18 Å². The Labute approximate surface area is 110 Å². The number of fused-ring (bicyclic) bond motifs is 3. The minimum absolute atomic E-state index is 0.106. The lowest BCUT2D eigenvalue weighted by Gasteiger charge is -2.16. The number of alkyl halides is 3. The number of hydrogen-bond acceptors (Lipinski definition) is 3. The van der Waals surface area contributed by atoms with Gasteiger partial charge in [0.1, 0.15) is 12.4 Å². The van der Waals surface area contributed by atoms with Crippen LogP contribution in [0, 0.1) is 0 Å². The van der Waals surface area contributed by atoms with E-state index in [1.54, 1.807) is 4.57 Å². The first kappa shape index (κ1) is 12.6. The van der Waals surface area contributed by atoms with Crippen LogP contribution < -0.4 is 5.73 Å². The van der Waals surface area contributed by atoms with Crippen LogP contribution in [-0.2, 0) is 24.1 Å². The first-order chi connectivity index (χ1) is 8.89. The van der Waals surface area contributed by atoms with Gasteiger partial charge in [-0.3, -0.25) is 0 Å². The average Bonchev–Trinajstić information content (AvgIpc) is 2.70. The number of aromatic nitrogens is 2. The minimum Gasteiger partial charge on any atom is -0.397 e. The largest absolute Gasteiger partial charge is 0.418 e. The molecule has 4 nitrogen and oxygen atoms in total. The third-order valence-electron chi connectivity index (χ3n) is 3.09. The van der Waals surface area contributed by atoms with Gasteiger partial charge in [-0.25, -0.2) is 4.98 Å². The quantitative estimate of drug-likeness (QED) is 0.759. The lowest BCUT2D eigenvalue weighted by atomic mass is 10.1. The van der Waals surface area contributed by atoms with E-state index in [2.05, 4.69) is 4.98 Å². The standard InChI is InChI=1S/C11H9ClF3N3O/c12-8-9(16)5(11(13,14)15)3-6-10(8)18-1-2-19-4-7(18)17-6/h3H,1-2,4,16H2. The Bertz CT molecular complexity index is 665. The van der Waals surface area contributed by atoms with E-state index in [9.17, 15) is 13.2 Å².